The maximum absolute atomic E-state index is 10.6. The van der Waals surface area contributed by atoms with E-state index in [0.717, 1.165) is 0 Å². The maximum Gasteiger partial charge on any atom is 0.318 e. The average molecular weight is 164 g/mol. The van der Waals surface area contributed by atoms with Crippen molar-refractivity contribution >= 4 is 21.3 Å². The Labute approximate surface area is 60.6 Å². The fourth-order valence-electron chi connectivity index (χ4n) is 0.270. The van der Waals surface area contributed by atoms with Crippen LogP contribution in [0.2, 0.25) is 0 Å². The van der Waals surface area contributed by atoms with Crippen molar-refractivity contribution in [1.82, 2.24) is 10.6 Å². The van der Waals surface area contributed by atoms with Crippen LogP contribution in [0.3, 0.4) is 0 Å². The molecule has 0 aliphatic carbocycles. The summed E-state index contributed by atoms with van der Waals surface area (Å²) < 4.78 is 10.6. The SMILES string of the molecule is CNC(=O)S(=O)C(=O)NC. The van der Waals surface area contributed by atoms with Crippen molar-refractivity contribution in [3.8, 4) is 0 Å². The smallest absolute Gasteiger partial charge is 0.318 e. The molecule has 0 heterocycles. The van der Waals surface area contributed by atoms with E-state index in [4.69, 9.17) is 0 Å². The largest absolute Gasteiger partial charge is 0.348 e. The van der Waals surface area contributed by atoms with Gasteiger partial charge in [0.1, 0.15) is 0 Å². The maximum atomic E-state index is 10.6. The molecule has 0 radical (unpaired) electrons. The van der Waals surface area contributed by atoms with E-state index < -0.39 is 21.3 Å². The first kappa shape index (κ1) is 9.09. The number of carbonyl (C=O) groups excluding carboxylic acids is 2. The summed E-state index contributed by atoms with van der Waals surface area (Å²) in [6.07, 6.45) is 0. The van der Waals surface area contributed by atoms with Crippen LogP contribution in [-0.2, 0) is 10.8 Å². The zero-order chi connectivity index (χ0) is 8.15. The number of hydrogen-bond donors (Lipinski definition) is 2. The fraction of sp³-hybridized carbons (Fsp3) is 0.500. The van der Waals surface area contributed by atoms with Crippen molar-refractivity contribution in [2.24, 2.45) is 0 Å². The van der Waals surface area contributed by atoms with E-state index in [0.29, 0.717) is 0 Å². The Kier molecular flexibility index (Phi) is 3.63. The lowest BCUT2D eigenvalue weighted by Crippen LogP contribution is -2.31. The van der Waals surface area contributed by atoms with Crippen molar-refractivity contribution < 1.29 is 13.8 Å². The van der Waals surface area contributed by atoms with Crippen LogP contribution in [-0.4, -0.2) is 28.8 Å². The molecule has 0 aliphatic rings. The zero-order valence-corrected chi connectivity index (χ0v) is 6.45. The van der Waals surface area contributed by atoms with Gasteiger partial charge in [-0.1, -0.05) is 0 Å². The molecule has 0 aromatic rings. The molecule has 10 heavy (non-hydrogen) atoms. The highest BCUT2D eigenvalue weighted by Crippen LogP contribution is 1.83. The van der Waals surface area contributed by atoms with Gasteiger partial charge < -0.3 is 10.6 Å². The molecular weight excluding hydrogens is 156 g/mol. The second kappa shape index (κ2) is 3.99. The standard InChI is InChI=1S/C4H8N2O3S/c1-5-3(7)10(9)4(8)6-2/h1-2H3,(H,5,7)(H,6,8). The van der Waals surface area contributed by atoms with Crippen LogP contribution in [0.1, 0.15) is 0 Å². The first-order valence-corrected chi connectivity index (χ1v) is 3.63. The fourth-order valence-corrected chi connectivity index (χ4v) is 0.809. The van der Waals surface area contributed by atoms with Crippen LogP contribution < -0.4 is 10.6 Å². The Morgan fingerprint density at radius 1 is 1.10 bits per heavy atom. The highest BCUT2D eigenvalue weighted by atomic mass is 32.2. The molecule has 0 spiro atoms. The third-order valence-electron chi connectivity index (χ3n) is 0.745. The van der Waals surface area contributed by atoms with Gasteiger partial charge in [0, 0.05) is 14.1 Å². The van der Waals surface area contributed by atoms with Gasteiger partial charge in [-0.15, -0.1) is 0 Å². The average Bonchev–Trinajstić information content (AvgIpc) is 2.00. The lowest BCUT2D eigenvalue weighted by molar-refractivity contribution is 0.257. The molecule has 0 atom stereocenters. The molecule has 0 bridgehead atoms. The highest BCUT2D eigenvalue weighted by molar-refractivity contribution is 8.13. The Hall–Kier alpha value is -0.910. The minimum absolute atomic E-state index is 0.792. The van der Waals surface area contributed by atoms with E-state index in [1.807, 2.05) is 0 Å². The van der Waals surface area contributed by atoms with Gasteiger partial charge in [-0.25, -0.2) is 4.21 Å². The van der Waals surface area contributed by atoms with Gasteiger partial charge in [-0.3, -0.25) is 9.59 Å². The normalized spacial score (nSPS) is 9.10. The molecule has 0 saturated carbocycles. The van der Waals surface area contributed by atoms with E-state index in [-0.39, 0.29) is 0 Å². The lowest BCUT2D eigenvalue weighted by atomic mass is 11.2. The predicted octanol–water partition coefficient (Wildman–Crippen LogP) is -0.586. The van der Waals surface area contributed by atoms with Gasteiger partial charge in [0.15, 0.2) is 0 Å². The molecule has 0 rings (SSSR count). The van der Waals surface area contributed by atoms with Crippen molar-refractivity contribution in [2.75, 3.05) is 14.1 Å². The molecule has 2 N–H and O–H groups in total. The summed E-state index contributed by atoms with van der Waals surface area (Å²) in [7, 11) is 0.508. The summed E-state index contributed by atoms with van der Waals surface area (Å²) >= 11 is 0. The van der Waals surface area contributed by atoms with E-state index in [2.05, 4.69) is 10.6 Å². The van der Waals surface area contributed by atoms with Crippen molar-refractivity contribution in [1.29, 1.82) is 0 Å². The first-order valence-electron chi connectivity index (χ1n) is 2.48. The summed E-state index contributed by atoms with van der Waals surface area (Å²) in [6.45, 7) is 0. The third-order valence-corrected chi connectivity index (χ3v) is 1.83. The topological polar surface area (TPSA) is 75.3 Å². The predicted molar refractivity (Wildman–Crippen MR) is 37.1 cm³/mol. The van der Waals surface area contributed by atoms with Gasteiger partial charge in [-0.05, 0) is 0 Å². The molecule has 6 heteroatoms. The summed E-state index contributed by atoms with van der Waals surface area (Å²) in [5.74, 6) is 0. The van der Waals surface area contributed by atoms with Crippen molar-refractivity contribution in [3.05, 3.63) is 0 Å². The third kappa shape index (κ3) is 2.14. The summed E-state index contributed by atoms with van der Waals surface area (Å²) in [5.41, 5.74) is 0. The molecule has 0 unspecified atom stereocenters. The molecule has 5 nitrogen and oxygen atoms in total. The van der Waals surface area contributed by atoms with Gasteiger partial charge in [0.05, 0.1) is 0 Å². The minimum atomic E-state index is -2.11. The summed E-state index contributed by atoms with van der Waals surface area (Å²) in [4.78, 5) is 20.9. The van der Waals surface area contributed by atoms with Crippen LogP contribution in [0.15, 0.2) is 0 Å². The number of carbonyl (C=O) groups is 2. The number of hydrogen-bond acceptors (Lipinski definition) is 3. The van der Waals surface area contributed by atoms with Crippen LogP contribution in [0.5, 0.6) is 0 Å². The van der Waals surface area contributed by atoms with Crippen molar-refractivity contribution in [3.63, 3.8) is 0 Å². The minimum Gasteiger partial charge on any atom is -0.348 e. The van der Waals surface area contributed by atoms with Crippen LogP contribution >= 0.6 is 0 Å². The van der Waals surface area contributed by atoms with Gasteiger partial charge in [0.25, 0.3) is 0 Å². The molecule has 0 aromatic carbocycles. The number of nitrogens with one attached hydrogen (secondary N) is 2. The molecular formula is C4H8N2O3S. The molecule has 2 amide bonds. The summed E-state index contributed by atoms with van der Waals surface area (Å²) in [5, 5.41) is 2.58. The van der Waals surface area contributed by atoms with Crippen LogP contribution in [0, 0.1) is 0 Å². The molecule has 0 aliphatic heterocycles. The quantitative estimate of drug-likeness (QED) is 0.502. The summed E-state index contributed by atoms with van der Waals surface area (Å²) in [6, 6.07) is 0. The Balaban J connectivity index is 4.09. The Bertz CT molecular complexity index is 161. The zero-order valence-electron chi connectivity index (χ0n) is 5.63. The van der Waals surface area contributed by atoms with Crippen molar-refractivity contribution in [2.45, 2.75) is 0 Å². The monoisotopic (exact) mass is 164 g/mol. The van der Waals surface area contributed by atoms with E-state index in [9.17, 15) is 13.8 Å². The van der Waals surface area contributed by atoms with Crippen LogP contribution in [0.4, 0.5) is 9.59 Å². The van der Waals surface area contributed by atoms with Gasteiger partial charge >= 0.3 is 10.5 Å². The van der Waals surface area contributed by atoms with Gasteiger partial charge in [0.2, 0.25) is 10.8 Å². The lowest BCUT2D eigenvalue weighted by Gasteiger charge is -1.96. The second-order valence-electron chi connectivity index (χ2n) is 1.34. The Morgan fingerprint density at radius 2 is 1.40 bits per heavy atom. The van der Waals surface area contributed by atoms with E-state index in [1.165, 1.54) is 14.1 Å². The number of amides is 2. The molecule has 0 fully saturated rings. The van der Waals surface area contributed by atoms with E-state index >= 15 is 0 Å². The highest BCUT2D eigenvalue weighted by Gasteiger charge is 2.16. The van der Waals surface area contributed by atoms with Crippen LogP contribution in [0.25, 0.3) is 0 Å². The van der Waals surface area contributed by atoms with E-state index in [1.54, 1.807) is 0 Å². The second-order valence-corrected chi connectivity index (χ2v) is 2.62. The first-order chi connectivity index (χ1) is 4.63. The molecule has 58 valence electrons. The van der Waals surface area contributed by atoms with Gasteiger partial charge in [-0.2, -0.15) is 0 Å². The molecule has 0 saturated heterocycles. The molecule has 0 aromatic heterocycles. The number of rotatable bonds is 0. The Morgan fingerprint density at radius 3 is 1.60 bits per heavy atom.